The molecule has 1 fully saturated rings. The number of nitrogens with zero attached hydrogens (tertiary/aromatic N) is 1. The lowest BCUT2D eigenvalue weighted by Crippen LogP contribution is -2.34. The van der Waals surface area contributed by atoms with Crippen molar-refractivity contribution in [3.05, 3.63) is 33.8 Å². The Labute approximate surface area is 119 Å². The number of hydrogen-bond donors (Lipinski definition) is 1. The predicted molar refractivity (Wildman–Crippen MR) is 78.2 cm³/mol. The van der Waals surface area contributed by atoms with E-state index in [-0.39, 0.29) is 12.1 Å². The monoisotopic (exact) mass is 286 g/mol. The van der Waals surface area contributed by atoms with E-state index in [0.29, 0.717) is 5.92 Å². The van der Waals surface area contributed by atoms with Crippen LogP contribution < -0.4 is 5.73 Å². The van der Waals surface area contributed by atoms with E-state index < -0.39 is 0 Å². The lowest BCUT2D eigenvalue weighted by Gasteiger charge is -2.29. The molecular weight excluding hydrogens is 267 g/mol. The Morgan fingerprint density at radius 3 is 2.78 bits per heavy atom. The zero-order chi connectivity index (χ0) is 13.3. The number of nitrogens with two attached hydrogens (primary N) is 1. The molecule has 2 nitrogen and oxygen atoms in total. The molecule has 0 radical (unpaired) electrons. The van der Waals surface area contributed by atoms with Crippen LogP contribution in [0, 0.1) is 5.92 Å². The smallest absolute Gasteiger partial charge is 0.0515 e. The molecule has 0 amide bonds. The van der Waals surface area contributed by atoms with E-state index in [0.717, 1.165) is 35.1 Å². The normalized spacial score (nSPS) is 25.0. The van der Waals surface area contributed by atoms with Gasteiger partial charge in [0.25, 0.3) is 0 Å². The number of hydrogen-bond acceptors (Lipinski definition) is 2. The van der Waals surface area contributed by atoms with E-state index in [4.69, 9.17) is 28.9 Å². The fourth-order valence-electron chi connectivity index (χ4n) is 2.73. The van der Waals surface area contributed by atoms with Crippen LogP contribution in [0.4, 0.5) is 0 Å². The summed E-state index contributed by atoms with van der Waals surface area (Å²) in [5.41, 5.74) is 7.32. The average Bonchev–Trinajstić information content (AvgIpc) is 2.63. The van der Waals surface area contributed by atoms with Crippen molar-refractivity contribution in [2.75, 3.05) is 13.1 Å². The van der Waals surface area contributed by atoms with Crippen molar-refractivity contribution >= 4 is 23.2 Å². The highest BCUT2D eigenvalue weighted by Gasteiger charge is 2.34. The van der Waals surface area contributed by atoms with Crippen LogP contribution in [-0.2, 0) is 0 Å². The highest BCUT2D eigenvalue weighted by atomic mass is 35.5. The summed E-state index contributed by atoms with van der Waals surface area (Å²) in [6, 6.07) is 5.96. The van der Waals surface area contributed by atoms with Crippen LogP contribution in [0.25, 0.3) is 0 Å². The maximum Gasteiger partial charge on any atom is 0.0515 e. The molecule has 0 aliphatic carbocycles. The quantitative estimate of drug-likeness (QED) is 0.918. The number of rotatable bonds is 3. The molecule has 1 aromatic carbocycles. The van der Waals surface area contributed by atoms with Gasteiger partial charge in [0.15, 0.2) is 0 Å². The minimum absolute atomic E-state index is 0.139. The zero-order valence-electron chi connectivity index (χ0n) is 10.9. The van der Waals surface area contributed by atoms with E-state index in [9.17, 15) is 0 Å². The van der Waals surface area contributed by atoms with E-state index in [1.54, 1.807) is 0 Å². The molecule has 1 heterocycles. The van der Waals surface area contributed by atoms with Crippen molar-refractivity contribution in [1.29, 1.82) is 0 Å². The number of halogens is 2. The van der Waals surface area contributed by atoms with Crippen molar-refractivity contribution in [2.24, 2.45) is 11.7 Å². The number of benzene rings is 1. The Bertz CT molecular complexity index is 420. The van der Waals surface area contributed by atoms with Gasteiger partial charge < -0.3 is 5.73 Å². The Morgan fingerprint density at radius 1 is 1.39 bits per heavy atom. The fourth-order valence-corrected chi connectivity index (χ4v) is 3.13. The largest absolute Gasteiger partial charge is 0.326 e. The van der Waals surface area contributed by atoms with Gasteiger partial charge in [0.05, 0.1) is 6.04 Å². The SMILES string of the molecule is CC(C)CN1CCC(N)C1c1cc(Cl)ccc1Cl. The lowest BCUT2D eigenvalue weighted by atomic mass is 10.00. The molecule has 0 bridgehead atoms. The van der Waals surface area contributed by atoms with Gasteiger partial charge in [-0.05, 0) is 36.1 Å². The van der Waals surface area contributed by atoms with Crippen LogP contribution in [0.5, 0.6) is 0 Å². The van der Waals surface area contributed by atoms with Crippen LogP contribution in [0.15, 0.2) is 18.2 Å². The molecule has 2 atom stereocenters. The standard InChI is InChI=1S/C14H20Cl2N2/c1-9(2)8-18-6-5-13(17)14(18)11-7-10(15)3-4-12(11)16/h3-4,7,9,13-14H,5-6,8,17H2,1-2H3. The molecule has 2 N–H and O–H groups in total. The fraction of sp³-hybridized carbons (Fsp3) is 0.571. The molecular formula is C14H20Cl2N2. The first-order valence-electron chi connectivity index (χ1n) is 6.43. The summed E-state index contributed by atoms with van der Waals surface area (Å²) in [4.78, 5) is 2.42. The van der Waals surface area contributed by atoms with Gasteiger partial charge in [0.1, 0.15) is 0 Å². The summed E-state index contributed by atoms with van der Waals surface area (Å²) in [5, 5.41) is 1.48. The van der Waals surface area contributed by atoms with Gasteiger partial charge in [0.2, 0.25) is 0 Å². The lowest BCUT2D eigenvalue weighted by molar-refractivity contribution is 0.221. The summed E-state index contributed by atoms with van der Waals surface area (Å²) < 4.78 is 0. The minimum Gasteiger partial charge on any atom is -0.326 e. The van der Waals surface area contributed by atoms with Gasteiger partial charge in [-0.3, -0.25) is 4.90 Å². The molecule has 2 unspecified atom stereocenters. The van der Waals surface area contributed by atoms with Crippen LogP contribution in [0.3, 0.4) is 0 Å². The molecule has 1 aliphatic heterocycles. The van der Waals surface area contributed by atoms with Gasteiger partial charge in [-0.1, -0.05) is 37.0 Å². The van der Waals surface area contributed by atoms with Crippen molar-refractivity contribution in [1.82, 2.24) is 4.90 Å². The summed E-state index contributed by atoms with van der Waals surface area (Å²) >= 11 is 12.4. The molecule has 1 aliphatic rings. The van der Waals surface area contributed by atoms with E-state index in [1.165, 1.54) is 0 Å². The average molecular weight is 287 g/mol. The van der Waals surface area contributed by atoms with Gasteiger partial charge in [-0.15, -0.1) is 0 Å². The maximum absolute atomic E-state index is 6.30. The Hall–Kier alpha value is -0.280. The third-order valence-electron chi connectivity index (χ3n) is 3.42. The van der Waals surface area contributed by atoms with E-state index >= 15 is 0 Å². The van der Waals surface area contributed by atoms with Gasteiger partial charge in [0, 0.05) is 29.2 Å². The molecule has 0 spiro atoms. The van der Waals surface area contributed by atoms with Crippen molar-refractivity contribution < 1.29 is 0 Å². The summed E-state index contributed by atoms with van der Waals surface area (Å²) in [6.07, 6.45) is 1.01. The van der Waals surface area contributed by atoms with Crippen LogP contribution in [0.2, 0.25) is 10.0 Å². The van der Waals surface area contributed by atoms with Crippen LogP contribution in [-0.4, -0.2) is 24.0 Å². The molecule has 1 aromatic rings. The van der Waals surface area contributed by atoms with Crippen molar-refractivity contribution in [3.63, 3.8) is 0 Å². The van der Waals surface area contributed by atoms with Crippen LogP contribution in [0.1, 0.15) is 31.9 Å². The Morgan fingerprint density at radius 2 is 2.11 bits per heavy atom. The first kappa shape index (κ1) is 14.1. The zero-order valence-corrected chi connectivity index (χ0v) is 12.4. The first-order chi connectivity index (χ1) is 8.49. The summed E-state index contributed by atoms with van der Waals surface area (Å²) in [5.74, 6) is 0.621. The highest BCUT2D eigenvalue weighted by molar-refractivity contribution is 6.33. The second kappa shape index (κ2) is 5.79. The Balaban J connectivity index is 2.30. The van der Waals surface area contributed by atoms with Gasteiger partial charge in [-0.2, -0.15) is 0 Å². The molecule has 18 heavy (non-hydrogen) atoms. The van der Waals surface area contributed by atoms with E-state index in [1.807, 2.05) is 18.2 Å². The van der Waals surface area contributed by atoms with Crippen molar-refractivity contribution in [3.8, 4) is 0 Å². The minimum atomic E-state index is 0.139. The number of likely N-dealkylation sites (tertiary alicyclic amines) is 1. The molecule has 4 heteroatoms. The third kappa shape index (κ3) is 3.00. The second-order valence-corrected chi connectivity index (χ2v) is 6.30. The molecule has 2 rings (SSSR count). The highest BCUT2D eigenvalue weighted by Crippen LogP contribution is 2.36. The molecule has 0 aromatic heterocycles. The van der Waals surface area contributed by atoms with E-state index in [2.05, 4.69) is 18.7 Å². The maximum atomic E-state index is 6.30. The predicted octanol–water partition coefficient (Wildman–Crippen LogP) is 3.72. The Kier molecular flexibility index (Phi) is 4.54. The molecule has 100 valence electrons. The molecule has 0 saturated carbocycles. The first-order valence-corrected chi connectivity index (χ1v) is 7.19. The van der Waals surface area contributed by atoms with Gasteiger partial charge >= 0.3 is 0 Å². The summed E-state index contributed by atoms with van der Waals surface area (Å²) in [6.45, 7) is 6.52. The van der Waals surface area contributed by atoms with Gasteiger partial charge in [-0.25, -0.2) is 0 Å². The molecule has 1 saturated heterocycles. The van der Waals surface area contributed by atoms with Crippen LogP contribution >= 0.6 is 23.2 Å². The topological polar surface area (TPSA) is 29.3 Å². The van der Waals surface area contributed by atoms with Crippen molar-refractivity contribution in [2.45, 2.75) is 32.4 Å². The summed E-state index contributed by atoms with van der Waals surface area (Å²) in [7, 11) is 0. The second-order valence-electron chi connectivity index (χ2n) is 5.45. The third-order valence-corrected chi connectivity index (χ3v) is 4.00.